The first-order chi connectivity index (χ1) is 9.26. The molecule has 0 amide bonds. The summed E-state index contributed by atoms with van der Waals surface area (Å²) in [7, 11) is 11.6. The molecule has 0 heterocycles. The van der Waals surface area contributed by atoms with Gasteiger partial charge in [0.2, 0.25) is 0 Å². The van der Waals surface area contributed by atoms with E-state index in [2.05, 4.69) is 72.5 Å². The molecule has 0 fully saturated rings. The first kappa shape index (κ1) is 24.4. The smallest absolute Gasteiger partial charge is 0.114 e. The van der Waals surface area contributed by atoms with Crippen molar-refractivity contribution >= 4 is 0 Å². The standard InChI is InChI=1S/C18H34N2.2BrH/c1-7-12-18(17-13-9-8-10-14-17)20(5,6)16-11-15-19(2,3)4;;/h8-10,13-14,18H,7,11-12,15-16H2,1-6H3;2*1H/q+2;;/p-2. The average molecular weight is 438 g/mol. The molecule has 0 aliphatic rings. The molecule has 0 aliphatic carbocycles. The van der Waals surface area contributed by atoms with Crippen LogP contribution in [-0.4, -0.2) is 57.3 Å². The van der Waals surface area contributed by atoms with E-state index in [0.717, 1.165) is 8.97 Å². The zero-order valence-corrected chi connectivity index (χ0v) is 18.3. The highest BCUT2D eigenvalue weighted by atomic mass is 79.9. The minimum atomic E-state index is 0. The maximum atomic E-state index is 2.39. The van der Waals surface area contributed by atoms with E-state index in [1.54, 1.807) is 0 Å². The van der Waals surface area contributed by atoms with Gasteiger partial charge in [-0.2, -0.15) is 0 Å². The van der Waals surface area contributed by atoms with Crippen molar-refractivity contribution in [2.75, 3.05) is 48.3 Å². The van der Waals surface area contributed by atoms with Crippen LogP contribution in [0.2, 0.25) is 0 Å². The van der Waals surface area contributed by atoms with Crippen LogP contribution in [0.1, 0.15) is 37.8 Å². The number of hydrogen-bond acceptors (Lipinski definition) is 0. The van der Waals surface area contributed by atoms with Crippen molar-refractivity contribution in [1.29, 1.82) is 0 Å². The maximum Gasteiger partial charge on any atom is 0.114 e. The molecule has 1 atom stereocenters. The van der Waals surface area contributed by atoms with Gasteiger partial charge in [0, 0.05) is 18.4 Å². The summed E-state index contributed by atoms with van der Waals surface area (Å²) in [6, 6.07) is 11.7. The number of rotatable bonds is 8. The van der Waals surface area contributed by atoms with Crippen molar-refractivity contribution in [1.82, 2.24) is 0 Å². The van der Waals surface area contributed by atoms with Crippen molar-refractivity contribution in [3.8, 4) is 0 Å². The number of nitrogens with zero attached hydrogens (tertiary/aromatic N) is 2. The zero-order chi connectivity index (χ0) is 15.2. The average Bonchev–Trinajstić information content (AvgIpc) is 2.35. The molecule has 1 aromatic carbocycles. The van der Waals surface area contributed by atoms with Crippen molar-refractivity contribution in [2.24, 2.45) is 0 Å². The molecule has 1 rings (SSSR count). The highest BCUT2D eigenvalue weighted by Gasteiger charge is 2.29. The fourth-order valence-corrected chi connectivity index (χ4v) is 2.98. The van der Waals surface area contributed by atoms with Gasteiger partial charge in [-0.3, -0.25) is 0 Å². The molecule has 0 saturated heterocycles. The molecular formula is C18H34Br2N2. The van der Waals surface area contributed by atoms with Crippen LogP contribution in [0.3, 0.4) is 0 Å². The molecule has 0 aliphatic heterocycles. The van der Waals surface area contributed by atoms with Gasteiger partial charge in [-0.15, -0.1) is 0 Å². The zero-order valence-electron chi connectivity index (χ0n) is 15.1. The van der Waals surface area contributed by atoms with E-state index < -0.39 is 0 Å². The van der Waals surface area contributed by atoms with E-state index in [0.29, 0.717) is 6.04 Å². The molecule has 1 aromatic rings. The molecular weight excluding hydrogens is 404 g/mol. The van der Waals surface area contributed by atoms with Crippen molar-refractivity contribution in [2.45, 2.75) is 32.2 Å². The Morgan fingerprint density at radius 1 is 0.864 bits per heavy atom. The highest BCUT2D eigenvalue weighted by molar-refractivity contribution is 5.17. The minimum Gasteiger partial charge on any atom is -1.00 e. The summed E-state index contributed by atoms with van der Waals surface area (Å²) in [5.74, 6) is 0. The Morgan fingerprint density at radius 2 is 1.41 bits per heavy atom. The first-order valence-corrected chi connectivity index (χ1v) is 7.94. The fourth-order valence-electron chi connectivity index (χ4n) is 2.98. The minimum absolute atomic E-state index is 0. The molecule has 0 radical (unpaired) electrons. The molecule has 0 aromatic heterocycles. The summed E-state index contributed by atoms with van der Waals surface area (Å²) in [6.07, 6.45) is 3.79. The van der Waals surface area contributed by atoms with Crippen molar-refractivity contribution in [3.63, 3.8) is 0 Å². The fraction of sp³-hybridized carbons (Fsp3) is 0.667. The van der Waals surface area contributed by atoms with Crippen LogP contribution in [0.4, 0.5) is 0 Å². The van der Waals surface area contributed by atoms with Gasteiger partial charge < -0.3 is 42.9 Å². The molecule has 0 bridgehead atoms. The first-order valence-electron chi connectivity index (χ1n) is 7.94. The molecule has 22 heavy (non-hydrogen) atoms. The Balaban J connectivity index is 0. The third kappa shape index (κ3) is 8.66. The Morgan fingerprint density at radius 3 is 1.86 bits per heavy atom. The lowest BCUT2D eigenvalue weighted by Crippen LogP contribution is -3.00. The van der Waals surface area contributed by atoms with Gasteiger partial charge in [0.15, 0.2) is 0 Å². The molecule has 0 saturated carbocycles. The second-order valence-electron chi connectivity index (χ2n) is 7.58. The second-order valence-corrected chi connectivity index (χ2v) is 7.58. The lowest BCUT2D eigenvalue weighted by molar-refractivity contribution is -0.927. The number of quaternary nitrogens is 2. The number of benzene rings is 1. The Kier molecular flexibility index (Phi) is 12.0. The number of hydrogen-bond donors (Lipinski definition) is 0. The van der Waals surface area contributed by atoms with Crippen LogP contribution >= 0.6 is 0 Å². The summed E-state index contributed by atoms with van der Waals surface area (Å²) < 4.78 is 2.15. The Labute approximate surface area is 159 Å². The monoisotopic (exact) mass is 436 g/mol. The van der Waals surface area contributed by atoms with Crippen molar-refractivity contribution in [3.05, 3.63) is 35.9 Å². The quantitative estimate of drug-likeness (QED) is 0.401. The topological polar surface area (TPSA) is 0 Å². The van der Waals surface area contributed by atoms with E-state index in [4.69, 9.17) is 0 Å². The van der Waals surface area contributed by atoms with Gasteiger partial charge in [0.05, 0.1) is 48.3 Å². The largest absolute Gasteiger partial charge is 1.00 e. The summed E-state index contributed by atoms with van der Waals surface area (Å²) in [5, 5.41) is 0. The predicted octanol–water partition coefficient (Wildman–Crippen LogP) is -2.29. The van der Waals surface area contributed by atoms with Gasteiger partial charge in [0.25, 0.3) is 0 Å². The van der Waals surface area contributed by atoms with Crippen LogP contribution in [0, 0.1) is 0 Å². The number of halogens is 2. The molecule has 0 N–H and O–H groups in total. The van der Waals surface area contributed by atoms with E-state index in [1.807, 2.05) is 0 Å². The molecule has 130 valence electrons. The third-order valence-electron chi connectivity index (χ3n) is 4.15. The molecule has 1 unspecified atom stereocenters. The third-order valence-corrected chi connectivity index (χ3v) is 4.15. The van der Waals surface area contributed by atoms with Gasteiger partial charge in [0.1, 0.15) is 6.04 Å². The van der Waals surface area contributed by atoms with Crippen molar-refractivity contribution < 1.29 is 42.9 Å². The van der Waals surface area contributed by atoms with Gasteiger partial charge in [-0.05, 0) is 0 Å². The van der Waals surface area contributed by atoms with Gasteiger partial charge in [-0.1, -0.05) is 43.7 Å². The molecule has 2 nitrogen and oxygen atoms in total. The normalized spacial score (nSPS) is 13.0. The Bertz CT molecular complexity index is 386. The summed E-state index contributed by atoms with van der Waals surface area (Å²) >= 11 is 0. The summed E-state index contributed by atoms with van der Waals surface area (Å²) in [5.41, 5.74) is 1.49. The van der Waals surface area contributed by atoms with Gasteiger partial charge >= 0.3 is 0 Å². The van der Waals surface area contributed by atoms with Crippen LogP contribution in [0.15, 0.2) is 30.3 Å². The van der Waals surface area contributed by atoms with Crippen LogP contribution in [0.5, 0.6) is 0 Å². The summed E-state index contributed by atoms with van der Waals surface area (Å²) in [6.45, 7) is 4.78. The van der Waals surface area contributed by atoms with E-state index in [-0.39, 0.29) is 34.0 Å². The predicted molar refractivity (Wildman–Crippen MR) is 88.6 cm³/mol. The molecule has 0 spiro atoms. The SMILES string of the molecule is CCCC(c1ccccc1)[N+](C)(C)CCC[N+](C)(C)C.[Br-].[Br-]. The Hall–Kier alpha value is 0.1000. The van der Waals surface area contributed by atoms with E-state index in [1.165, 1.54) is 37.9 Å². The summed E-state index contributed by atoms with van der Waals surface area (Å²) in [4.78, 5) is 0. The van der Waals surface area contributed by atoms with Gasteiger partial charge in [-0.25, -0.2) is 0 Å². The van der Waals surface area contributed by atoms with E-state index >= 15 is 0 Å². The van der Waals surface area contributed by atoms with Crippen LogP contribution < -0.4 is 34.0 Å². The highest BCUT2D eigenvalue weighted by Crippen LogP contribution is 2.29. The maximum absolute atomic E-state index is 2.39. The van der Waals surface area contributed by atoms with Crippen LogP contribution in [-0.2, 0) is 0 Å². The van der Waals surface area contributed by atoms with E-state index in [9.17, 15) is 0 Å². The second kappa shape index (κ2) is 10.8. The molecule has 4 heteroatoms. The van der Waals surface area contributed by atoms with Crippen LogP contribution in [0.25, 0.3) is 0 Å². The lowest BCUT2D eigenvalue weighted by atomic mass is 9.99. The lowest BCUT2D eigenvalue weighted by Gasteiger charge is -2.39.